The number of hydrogen-bond acceptors (Lipinski definition) is 2. The predicted octanol–water partition coefficient (Wildman–Crippen LogP) is 11.5. The highest BCUT2D eigenvalue weighted by Crippen LogP contribution is 2.46. The normalized spacial score (nSPS) is 11.5. The molecule has 40 heavy (non-hydrogen) atoms. The second-order valence-corrected chi connectivity index (χ2v) is 11.2. The van der Waals surface area contributed by atoms with Crippen LogP contribution in [-0.2, 0) is 0 Å². The maximum Gasteiger partial charge on any atom is 0.0547 e. The van der Waals surface area contributed by atoms with Crippen molar-refractivity contribution in [1.82, 2.24) is 0 Å². The van der Waals surface area contributed by atoms with Gasteiger partial charge in [-0.2, -0.15) is 0 Å². The third-order valence-corrected chi connectivity index (χ3v) is 9.05. The Morgan fingerprint density at radius 2 is 1.02 bits per heavy atom. The summed E-state index contributed by atoms with van der Waals surface area (Å²) in [5.41, 5.74) is 5.92. The largest absolute Gasteiger partial charge is 0.310 e. The molecule has 1 nitrogen and oxygen atoms in total. The molecular formula is C38H25NS. The van der Waals surface area contributed by atoms with Crippen LogP contribution in [0.4, 0.5) is 17.1 Å². The van der Waals surface area contributed by atoms with Gasteiger partial charge >= 0.3 is 0 Å². The SMILES string of the molecule is c1ccc(N(c2ccc(-c3ccc4ccccc4c3)cc2)c2cc3c4ccccc4sc3c3ccccc23)cc1. The molecule has 0 saturated heterocycles. The molecule has 0 atom stereocenters. The van der Waals surface area contributed by atoms with Gasteiger partial charge in [0.05, 0.1) is 5.69 Å². The van der Waals surface area contributed by atoms with Crippen molar-refractivity contribution in [2.75, 3.05) is 4.90 Å². The van der Waals surface area contributed by atoms with Gasteiger partial charge in [0.2, 0.25) is 0 Å². The number of fused-ring (bicyclic) bond motifs is 6. The van der Waals surface area contributed by atoms with Gasteiger partial charge in [-0.15, -0.1) is 11.3 Å². The molecule has 0 unspecified atom stereocenters. The molecule has 0 aliphatic carbocycles. The summed E-state index contributed by atoms with van der Waals surface area (Å²) in [6.45, 7) is 0. The minimum Gasteiger partial charge on any atom is -0.310 e. The topological polar surface area (TPSA) is 3.24 Å². The molecule has 0 aliphatic rings. The number of hydrogen-bond donors (Lipinski definition) is 0. The average Bonchev–Trinajstić information content (AvgIpc) is 3.41. The van der Waals surface area contributed by atoms with Crippen LogP contribution in [0.3, 0.4) is 0 Å². The zero-order chi connectivity index (χ0) is 26.5. The Hall–Kier alpha value is -4.92. The summed E-state index contributed by atoms with van der Waals surface area (Å²) >= 11 is 1.88. The lowest BCUT2D eigenvalue weighted by atomic mass is 10.00. The van der Waals surface area contributed by atoms with E-state index in [1.807, 2.05) is 11.3 Å². The number of thiophene rings is 1. The zero-order valence-electron chi connectivity index (χ0n) is 21.8. The van der Waals surface area contributed by atoms with Gasteiger partial charge in [-0.25, -0.2) is 0 Å². The summed E-state index contributed by atoms with van der Waals surface area (Å²) in [7, 11) is 0. The number of rotatable bonds is 4. The lowest BCUT2D eigenvalue weighted by Crippen LogP contribution is -2.10. The van der Waals surface area contributed by atoms with E-state index in [0.717, 1.165) is 11.4 Å². The molecule has 0 radical (unpaired) electrons. The van der Waals surface area contributed by atoms with Gasteiger partial charge in [0.15, 0.2) is 0 Å². The van der Waals surface area contributed by atoms with Crippen molar-refractivity contribution < 1.29 is 0 Å². The number of anilines is 3. The first-order valence-electron chi connectivity index (χ1n) is 13.6. The Labute approximate surface area is 237 Å². The lowest BCUT2D eigenvalue weighted by molar-refractivity contribution is 1.30. The summed E-state index contributed by atoms with van der Waals surface area (Å²) in [6, 6.07) is 54.9. The molecule has 1 heterocycles. The lowest BCUT2D eigenvalue weighted by Gasteiger charge is -2.27. The van der Waals surface area contributed by atoms with Crippen molar-refractivity contribution in [3.05, 3.63) is 152 Å². The van der Waals surface area contributed by atoms with Crippen molar-refractivity contribution in [1.29, 1.82) is 0 Å². The quantitative estimate of drug-likeness (QED) is 0.220. The van der Waals surface area contributed by atoms with Gasteiger partial charge in [0.1, 0.15) is 0 Å². The van der Waals surface area contributed by atoms with E-state index in [1.54, 1.807) is 0 Å². The number of para-hydroxylation sites is 1. The minimum absolute atomic E-state index is 1.14. The smallest absolute Gasteiger partial charge is 0.0547 e. The molecule has 8 rings (SSSR count). The third kappa shape index (κ3) is 3.77. The Kier molecular flexibility index (Phi) is 5.39. The van der Waals surface area contributed by atoms with Crippen molar-refractivity contribution >= 4 is 70.1 Å². The van der Waals surface area contributed by atoms with Crippen LogP contribution in [0, 0.1) is 0 Å². The van der Waals surface area contributed by atoms with Crippen LogP contribution >= 0.6 is 11.3 Å². The van der Waals surface area contributed by atoms with Crippen LogP contribution in [0.5, 0.6) is 0 Å². The van der Waals surface area contributed by atoms with Crippen LogP contribution in [0.15, 0.2) is 152 Å². The molecule has 1 aromatic heterocycles. The van der Waals surface area contributed by atoms with E-state index in [-0.39, 0.29) is 0 Å². The van der Waals surface area contributed by atoms with Crippen LogP contribution < -0.4 is 4.90 Å². The summed E-state index contributed by atoms with van der Waals surface area (Å²) in [6.07, 6.45) is 0. The average molecular weight is 528 g/mol. The first-order valence-corrected chi connectivity index (χ1v) is 14.4. The highest BCUT2D eigenvalue weighted by molar-refractivity contribution is 7.26. The van der Waals surface area contributed by atoms with Gasteiger partial charge in [-0.3, -0.25) is 0 Å². The van der Waals surface area contributed by atoms with E-state index < -0.39 is 0 Å². The van der Waals surface area contributed by atoms with E-state index in [1.165, 1.54) is 58.5 Å². The Balaban J connectivity index is 1.33. The van der Waals surface area contributed by atoms with Gasteiger partial charge in [-0.05, 0) is 64.4 Å². The van der Waals surface area contributed by atoms with Crippen LogP contribution in [0.2, 0.25) is 0 Å². The molecular weight excluding hydrogens is 502 g/mol. The maximum absolute atomic E-state index is 2.40. The molecule has 8 aromatic rings. The van der Waals surface area contributed by atoms with E-state index >= 15 is 0 Å². The van der Waals surface area contributed by atoms with Crippen LogP contribution in [0.25, 0.3) is 52.8 Å². The second kappa shape index (κ2) is 9.37. The van der Waals surface area contributed by atoms with E-state index in [9.17, 15) is 0 Å². The van der Waals surface area contributed by atoms with Crippen molar-refractivity contribution in [3.63, 3.8) is 0 Å². The standard InChI is InChI=1S/C38H25NS/c1-2-12-30(13-3-1)39(31-22-20-27(21-23-31)29-19-18-26-10-4-5-11-28(26)24-29)36-25-35-33-15-8-9-17-37(33)40-38(35)34-16-7-6-14-32(34)36/h1-25H. The molecule has 0 fully saturated rings. The van der Waals surface area contributed by atoms with Crippen molar-refractivity contribution in [2.24, 2.45) is 0 Å². The first-order chi connectivity index (χ1) is 19.8. The monoisotopic (exact) mass is 527 g/mol. The highest BCUT2D eigenvalue weighted by Gasteiger charge is 2.19. The van der Waals surface area contributed by atoms with E-state index in [0.29, 0.717) is 0 Å². The van der Waals surface area contributed by atoms with Gasteiger partial charge in [-0.1, -0.05) is 109 Å². The molecule has 188 valence electrons. The molecule has 0 bridgehead atoms. The highest BCUT2D eigenvalue weighted by atomic mass is 32.1. The Morgan fingerprint density at radius 3 is 1.85 bits per heavy atom. The predicted molar refractivity (Wildman–Crippen MR) is 174 cm³/mol. The fraction of sp³-hybridized carbons (Fsp3) is 0. The Bertz CT molecular complexity index is 2160. The summed E-state index contributed by atoms with van der Waals surface area (Å²) in [5, 5.41) is 7.70. The molecule has 0 spiro atoms. The van der Waals surface area contributed by atoms with E-state index in [2.05, 4.69) is 157 Å². The Morgan fingerprint density at radius 1 is 0.400 bits per heavy atom. The number of nitrogens with zero attached hydrogens (tertiary/aromatic N) is 1. The third-order valence-electron chi connectivity index (χ3n) is 7.83. The fourth-order valence-corrected chi connectivity index (χ4v) is 7.11. The molecule has 0 saturated carbocycles. The fourth-order valence-electron chi connectivity index (χ4n) is 5.89. The summed E-state index contributed by atoms with van der Waals surface area (Å²) in [4.78, 5) is 2.40. The molecule has 2 heteroatoms. The van der Waals surface area contributed by atoms with Crippen LogP contribution in [-0.4, -0.2) is 0 Å². The second-order valence-electron chi connectivity index (χ2n) is 10.2. The molecule has 0 N–H and O–H groups in total. The summed E-state index contributed by atoms with van der Waals surface area (Å²) < 4.78 is 2.67. The van der Waals surface area contributed by atoms with Crippen molar-refractivity contribution in [2.45, 2.75) is 0 Å². The summed E-state index contributed by atoms with van der Waals surface area (Å²) in [5.74, 6) is 0. The molecule has 7 aromatic carbocycles. The van der Waals surface area contributed by atoms with E-state index in [4.69, 9.17) is 0 Å². The first kappa shape index (κ1) is 23.0. The van der Waals surface area contributed by atoms with Crippen molar-refractivity contribution in [3.8, 4) is 11.1 Å². The van der Waals surface area contributed by atoms with Crippen LogP contribution in [0.1, 0.15) is 0 Å². The van der Waals surface area contributed by atoms with Gasteiger partial charge in [0.25, 0.3) is 0 Å². The minimum atomic E-state index is 1.14. The van der Waals surface area contributed by atoms with Gasteiger partial charge in [0, 0.05) is 42.3 Å². The maximum atomic E-state index is 2.40. The van der Waals surface area contributed by atoms with Gasteiger partial charge < -0.3 is 4.90 Å². The zero-order valence-corrected chi connectivity index (χ0v) is 22.6. The number of benzene rings is 7. The molecule has 0 amide bonds. The molecule has 0 aliphatic heterocycles.